The van der Waals surface area contributed by atoms with Gasteiger partial charge in [-0.25, -0.2) is 0 Å². The molecule has 2 heteroatoms. The van der Waals surface area contributed by atoms with Gasteiger partial charge in [0.2, 0.25) is 0 Å². The third-order valence-corrected chi connectivity index (χ3v) is 0.667. The van der Waals surface area contributed by atoms with Crippen LogP contribution in [0.2, 0.25) is 0 Å². The van der Waals surface area contributed by atoms with Crippen molar-refractivity contribution in [2.45, 2.75) is 0 Å². The summed E-state index contributed by atoms with van der Waals surface area (Å²) in [5.41, 5.74) is 0. The van der Waals surface area contributed by atoms with Gasteiger partial charge in [0.25, 0.3) is 0 Å². The van der Waals surface area contributed by atoms with Crippen LogP contribution in [0, 0.1) is 0 Å². The monoisotopic (exact) mass is 315 g/mol. The van der Waals surface area contributed by atoms with Crippen LogP contribution in [0.3, 0.4) is 0 Å². The predicted octanol–water partition coefficient (Wildman–Crippen LogP) is -1.31. The minimum atomic E-state index is 0. The van der Waals surface area contributed by atoms with Crippen LogP contribution < -0.4 is 12.4 Å². The van der Waals surface area contributed by atoms with Crippen LogP contribution in [0.25, 0.3) is 0 Å². The molecule has 0 aliphatic rings. The molecule has 1 radical (unpaired) electrons. The molecular weight excluding hydrogens is 308 g/mol. The zero-order chi connectivity index (χ0) is 4.24. The molecule has 0 heterocycles. The van der Waals surface area contributed by atoms with Gasteiger partial charge in [0.15, 0.2) is 0 Å². The Labute approximate surface area is 76.2 Å². The number of rotatable bonds is 0. The van der Waals surface area contributed by atoms with E-state index in [-0.39, 0.29) is 40.1 Å². The molecule has 0 aromatic heterocycles. The molecule has 0 nitrogen and oxygen atoms in total. The number of hydrogen-bond acceptors (Lipinski definition) is 0. The summed E-state index contributed by atoms with van der Waals surface area (Å²) in [5.74, 6) is 0. The predicted molar refractivity (Wildman–Crippen MR) is 26.4 cm³/mol. The Bertz CT molecular complexity index is 80.5. The number of halogens is 1. The van der Waals surface area contributed by atoms with Gasteiger partial charge in [0.05, 0.1) is 0 Å². The third-order valence-electron chi connectivity index (χ3n) is 0.667. The summed E-state index contributed by atoms with van der Waals surface area (Å²) >= 11 is 0. The van der Waals surface area contributed by atoms with E-state index in [0.717, 1.165) is 0 Å². The molecule has 8 heavy (non-hydrogen) atoms. The zero-order valence-corrected chi connectivity index (χ0v) is 10.8. The fourth-order valence-electron chi connectivity index (χ4n) is 0.385. The first-order valence-electron chi connectivity index (χ1n) is 2.00. The van der Waals surface area contributed by atoms with E-state index in [0.29, 0.717) is 0 Å². The van der Waals surface area contributed by atoms with Gasteiger partial charge in [-0.15, -0.1) is 0 Å². The van der Waals surface area contributed by atoms with Crippen LogP contribution >= 0.6 is 0 Å². The summed E-state index contributed by atoms with van der Waals surface area (Å²) in [4.78, 5) is 0. The Kier molecular flexibility index (Phi) is 10.5. The fourth-order valence-corrected chi connectivity index (χ4v) is 0.385. The van der Waals surface area contributed by atoms with Crippen LogP contribution in [-0.4, -0.2) is 0 Å². The average molecular weight is 314 g/mol. The van der Waals surface area contributed by atoms with Gasteiger partial charge in [-0.1, -0.05) is 36.4 Å². The first-order valence-corrected chi connectivity index (χ1v) is 2.00. The van der Waals surface area contributed by atoms with E-state index in [9.17, 15) is 0 Å². The molecule has 1 rings (SSSR count). The molecule has 0 saturated heterocycles. The van der Waals surface area contributed by atoms with Gasteiger partial charge in [-0.05, 0) is 0 Å². The maximum atomic E-state index is 2.00. The second kappa shape index (κ2) is 7.45. The van der Waals surface area contributed by atoms with Crippen molar-refractivity contribution in [2.24, 2.45) is 0 Å². The second-order valence-corrected chi connectivity index (χ2v) is 1.15. The standard InChI is InChI=1S/C6H6.ClH.Hg/c1-2-4-6-5-3-1;;/h1-6H;1H;/q;;+1/p-1. The molecule has 0 spiro atoms. The fraction of sp³-hybridized carbons (Fsp3) is 0. The number of hydrogen-bond donors (Lipinski definition) is 0. The Balaban J connectivity index is 0. The van der Waals surface area contributed by atoms with Gasteiger partial charge in [-0.3, -0.25) is 0 Å². The summed E-state index contributed by atoms with van der Waals surface area (Å²) in [5, 5.41) is 0. The molecule has 0 bridgehead atoms. The quantitative estimate of drug-likeness (QED) is 0.522. The van der Waals surface area contributed by atoms with Crippen molar-refractivity contribution in [3.8, 4) is 0 Å². The topological polar surface area (TPSA) is 0 Å². The molecule has 1 aromatic carbocycles. The summed E-state index contributed by atoms with van der Waals surface area (Å²) < 4.78 is 0. The number of benzene rings is 1. The minimum Gasteiger partial charge on any atom is -1.00 e. The van der Waals surface area contributed by atoms with E-state index in [1.165, 1.54) is 0 Å². The van der Waals surface area contributed by atoms with Crippen molar-refractivity contribution in [3.63, 3.8) is 0 Å². The van der Waals surface area contributed by atoms with Gasteiger partial charge < -0.3 is 12.4 Å². The Morgan fingerprint density at radius 3 is 0.750 bits per heavy atom. The molecule has 0 atom stereocenters. The van der Waals surface area contributed by atoms with Gasteiger partial charge >= 0.3 is 27.7 Å². The van der Waals surface area contributed by atoms with E-state index in [1.807, 2.05) is 36.4 Å². The van der Waals surface area contributed by atoms with Crippen molar-refractivity contribution in [2.75, 3.05) is 0 Å². The Morgan fingerprint density at radius 1 is 0.500 bits per heavy atom. The van der Waals surface area contributed by atoms with Gasteiger partial charge in [-0.2, -0.15) is 0 Å². The van der Waals surface area contributed by atoms with Crippen molar-refractivity contribution < 1.29 is 40.1 Å². The van der Waals surface area contributed by atoms with Gasteiger partial charge in [0, 0.05) is 0 Å². The summed E-state index contributed by atoms with van der Waals surface area (Å²) in [6, 6.07) is 12.0. The zero-order valence-electron chi connectivity index (χ0n) is 4.55. The molecule has 1 aromatic rings. The Hall–Kier alpha value is 0.445. The van der Waals surface area contributed by atoms with Crippen LogP contribution in [0.1, 0.15) is 0 Å². The van der Waals surface area contributed by atoms with Gasteiger partial charge in [0.1, 0.15) is 0 Å². The van der Waals surface area contributed by atoms with E-state index in [4.69, 9.17) is 0 Å². The summed E-state index contributed by atoms with van der Waals surface area (Å²) in [6.07, 6.45) is 0. The van der Waals surface area contributed by atoms with Crippen molar-refractivity contribution in [1.29, 1.82) is 0 Å². The molecule has 39 valence electrons. The second-order valence-electron chi connectivity index (χ2n) is 1.15. The van der Waals surface area contributed by atoms with Crippen LogP contribution in [0.4, 0.5) is 0 Å². The van der Waals surface area contributed by atoms with Crippen molar-refractivity contribution >= 4 is 0 Å². The molecular formula is C6H6ClHg. The molecule has 0 aliphatic carbocycles. The van der Waals surface area contributed by atoms with Crippen LogP contribution in [0.5, 0.6) is 0 Å². The smallest absolute Gasteiger partial charge is 1.00 e. The minimum absolute atomic E-state index is 0. The largest absolute Gasteiger partial charge is 1.00 e. The summed E-state index contributed by atoms with van der Waals surface area (Å²) in [7, 11) is 0. The molecule has 0 fully saturated rings. The van der Waals surface area contributed by atoms with Crippen molar-refractivity contribution in [1.82, 2.24) is 0 Å². The van der Waals surface area contributed by atoms with E-state index < -0.39 is 0 Å². The summed E-state index contributed by atoms with van der Waals surface area (Å²) in [6.45, 7) is 0. The molecule has 0 N–H and O–H groups in total. The maximum Gasteiger partial charge on any atom is 1.00 e. The molecule has 0 amide bonds. The van der Waals surface area contributed by atoms with E-state index in [2.05, 4.69) is 0 Å². The van der Waals surface area contributed by atoms with Crippen LogP contribution in [0.15, 0.2) is 36.4 Å². The normalized spacial score (nSPS) is 6.00. The van der Waals surface area contributed by atoms with Crippen molar-refractivity contribution in [3.05, 3.63) is 36.4 Å². The molecule has 0 aliphatic heterocycles. The van der Waals surface area contributed by atoms with E-state index >= 15 is 0 Å². The molecule has 0 unspecified atom stereocenters. The third kappa shape index (κ3) is 4.60. The maximum absolute atomic E-state index is 2.00. The first-order chi connectivity index (χ1) is 3.00. The first kappa shape index (κ1) is 11.3. The van der Waals surface area contributed by atoms with E-state index in [1.54, 1.807) is 0 Å². The Morgan fingerprint density at radius 2 is 0.625 bits per heavy atom. The molecule has 0 saturated carbocycles. The van der Waals surface area contributed by atoms with Crippen LogP contribution in [-0.2, 0) is 27.7 Å². The average Bonchev–Trinajstić information content (AvgIpc) is 1.72. The SMILES string of the molecule is [Cl-].[Hg+].c1ccccc1.